The van der Waals surface area contributed by atoms with Gasteiger partial charge in [-0.3, -0.25) is 9.79 Å². The fourth-order valence-corrected chi connectivity index (χ4v) is 3.54. The minimum Gasteiger partial charge on any atom is -0.356 e. The molecular weight excluding hydrogens is 396 g/mol. The van der Waals surface area contributed by atoms with Crippen LogP contribution in [0.25, 0.3) is 11.1 Å². The Bertz CT molecular complexity index is 1090. The maximum Gasteiger partial charge on any atom is 0.253 e. The van der Waals surface area contributed by atoms with Crippen molar-refractivity contribution in [2.75, 3.05) is 27.7 Å². The van der Waals surface area contributed by atoms with Gasteiger partial charge in [0.2, 0.25) is 0 Å². The number of rotatable bonds is 7. The lowest BCUT2D eigenvalue weighted by Crippen LogP contribution is -2.37. The number of nitrogens with one attached hydrogen (secondary N) is 2. The number of aryl methyl sites for hydroxylation is 1. The van der Waals surface area contributed by atoms with Crippen LogP contribution in [0.5, 0.6) is 0 Å². The van der Waals surface area contributed by atoms with E-state index in [-0.39, 0.29) is 5.91 Å². The van der Waals surface area contributed by atoms with E-state index in [2.05, 4.69) is 71.1 Å². The summed E-state index contributed by atoms with van der Waals surface area (Å²) in [5, 5.41) is 6.74. The maximum absolute atomic E-state index is 12.2. The van der Waals surface area contributed by atoms with Gasteiger partial charge in [-0.25, -0.2) is 0 Å². The largest absolute Gasteiger partial charge is 0.356 e. The number of hydrogen-bond acceptors (Lipinski definition) is 2. The molecule has 0 fully saturated rings. The molecule has 0 unspecified atom stereocenters. The van der Waals surface area contributed by atoms with E-state index in [4.69, 9.17) is 0 Å². The second-order valence-electron chi connectivity index (χ2n) is 8.07. The molecule has 5 nitrogen and oxygen atoms in total. The van der Waals surface area contributed by atoms with Crippen molar-refractivity contribution >= 4 is 11.9 Å². The summed E-state index contributed by atoms with van der Waals surface area (Å²) in [6.45, 7) is 3.52. The molecule has 0 saturated carbocycles. The molecule has 0 atom stereocenters. The first-order chi connectivity index (χ1) is 15.5. The Labute approximate surface area is 191 Å². The lowest BCUT2D eigenvalue weighted by atomic mass is 10.0. The van der Waals surface area contributed by atoms with Crippen LogP contribution in [-0.4, -0.2) is 44.5 Å². The van der Waals surface area contributed by atoms with Gasteiger partial charge in [-0.1, -0.05) is 60.2 Å². The van der Waals surface area contributed by atoms with Crippen LogP contribution in [0.2, 0.25) is 0 Å². The lowest BCUT2D eigenvalue weighted by Gasteiger charge is -2.14. The fraction of sp³-hybridized carbons (Fsp3) is 0.259. The average molecular weight is 429 g/mol. The Morgan fingerprint density at radius 3 is 2.28 bits per heavy atom. The standard InChI is InChI=1S/C27H32N4O/c1-20-8-5-11-23(16-20)24-12-7-10-22(18-24)19-30-27(28-2)29-15-14-21-9-6-13-25(17-21)26(32)31(3)4/h5-13,16-18H,14-15,19H2,1-4H3,(H2,28,29,30). The number of amides is 1. The van der Waals surface area contributed by atoms with E-state index in [1.54, 1.807) is 26.0 Å². The highest BCUT2D eigenvalue weighted by Crippen LogP contribution is 2.21. The molecule has 3 rings (SSSR count). The first-order valence-electron chi connectivity index (χ1n) is 10.9. The molecule has 0 aliphatic carbocycles. The van der Waals surface area contributed by atoms with E-state index in [9.17, 15) is 4.79 Å². The van der Waals surface area contributed by atoms with E-state index in [1.165, 1.54) is 22.3 Å². The molecule has 0 aromatic heterocycles. The monoisotopic (exact) mass is 428 g/mol. The molecule has 0 aliphatic heterocycles. The van der Waals surface area contributed by atoms with E-state index in [0.29, 0.717) is 12.1 Å². The van der Waals surface area contributed by atoms with Gasteiger partial charge < -0.3 is 15.5 Å². The number of carbonyl (C=O) groups is 1. The Kier molecular flexibility index (Phi) is 8.03. The summed E-state index contributed by atoms with van der Waals surface area (Å²) < 4.78 is 0. The fourth-order valence-electron chi connectivity index (χ4n) is 3.54. The van der Waals surface area contributed by atoms with E-state index in [0.717, 1.165) is 24.5 Å². The van der Waals surface area contributed by atoms with Crippen molar-refractivity contribution in [2.24, 2.45) is 4.99 Å². The number of carbonyl (C=O) groups excluding carboxylic acids is 1. The first-order valence-corrected chi connectivity index (χ1v) is 10.9. The Morgan fingerprint density at radius 2 is 1.56 bits per heavy atom. The Hall–Kier alpha value is -3.60. The van der Waals surface area contributed by atoms with Crippen molar-refractivity contribution in [3.05, 3.63) is 95.1 Å². The number of nitrogens with zero attached hydrogens (tertiary/aromatic N) is 2. The predicted octanol–water partition coefficient (Wildman–Crippen LogP) is 4.27. The van der Waals surface area contributed by atoms with Crippen LogP contribution >= 0.6 is 0 Å². The number of benzene rings is 3. The van der Waals surface area contributed by atoms with Crippen LogP contribution < -0.4 is 10.6 Å². The van der Waals surface area contributed by atoms with Crippen LogP contribution in [0, 0.1) is 6.92 Å². The summed E-state index contributed by atoms with van der Waals surface area (Å²) in [5.74, 6) is 0.775. The molecule has 0 aliphatic rings. The molecule has 5 heteroatoms. The molecule has 0 radical (unpaired) electrons. The second kappa shape index (κ2) is 11.1. The highest BCUT2D eigenvalue weighted by Gasteiger charge is 2.08. The summed E-state index contributed by atoms with van der Waals surface area (Å²) in [6.07, 6.45) is 0.804. The Morgan fingerprint density at radius 1 is 0.875 bits per heavy atom. The van der Waals surface area contributed by atoms with E-state index < -0.39 is 0 Å². The zero-order valence-electron chi connectivity index (χ0n) is 19.4. The quantitative estimate of drug-likeness (QED) is 0.436. The molecule has 2 N–H and O–H groups in total. The van der Waals surface area contributed by atoms with Gasteiger partial charge in [0.25, 0.3) is 5.91 Å². The summed E-state index contributed by atoms with van der Waals surface area (Å²) in [7, 11) is 5.31. The topological polar surface area (TPSA) is 56.7 Å². The first kappa shape index (κ1) is 23.1. The summed E-state index contributed by atoms with van der Waals surface area (Å²) >= 11 is 0. The smallest absolute Gasteiger partial charge is 0.253 e. The molecule has 32 heavy (non-hydrogen) atoms. The average Bonchev–Trinajstić information content (AvgIpc) is 2.81. The third-order valence-electron chi connectivity index (χ3n) is 5.25. The molecule has 166 valence electrons. The van der Waals surface area contributed by atoms with Crippen LogP contribution in [-0.2, 0) is 13.0 Å². The van der Waals surface area contributed by atoms with Gasteiger partial charge in [-0.2, -0.15) is 0 Å². The van der Waals surface area contributed by atoms with Gasteiger partial charge >= 0.3 is 0 Å². The molecule has 0 spiro atoms. The van der Waals surface area contributed by atoms with Crippen molar-refractivity contribution in [1.29, 1.82) is 0 Å². The number of hydrogen-bond donors (Lipinski definition) is 2. The van der Waals surface area contributed by atoms with Crippen molar-refractivity contribution < 1.29 is 4.79 Å². The van der Waals surface area contributed by atoms with Gasteiger partial charge in [0, 0.05) is 39.8 Å². The highest BCUT2D eigenvalue weighted by atomic mass is 16.2. The molecule has 3 aromatic rings. The van der Waals surface area contributed by atoms with Crippen molar-refractivity contribution in [3.63, 3.8) is 0 Å². The van der Waals surface area contributed by atoms with E-state index >= 15 is 0 Å². The summed E-state index contributed by atoms with van der Waals surface area (Å²) in [6, 6.07) is 24.9. The molecule has 0 bridgehead atoms. The molecule has 1 amide bonds. The zero-order chi connectivity index (χ0) is 22.9. The minimum absolute atomic E-state index is 0.0187. The summed E-state index contributed by atoms with van der Waals surface area (Å²) in [5.41, 5.74) is 6.72. The molecule has 0 saturated heterocycles. The van der Waals surface area contributed by atoms with Crippen LogP contribution in [0.3, 0.4) is 0 Å². The van der Waals surface area contributed by atoms with E-state index in [1.807, 2.05) is 24.3 Å². The van der Waals surface area contributed by atoms with Gasteiger partial charge in [0.15, 0.2) is 5.96 Å². The second-order valence-corrected chi connectivity index (χ2v) is 8.07. The molecule has 0 heterocycles. The highest BCUT2D eigenvalue weighted by molar-refractivity contribution is 5.94. The normalized spacial score (nSPS) is 11.2. The summed E-state index contributed by atoms with van der Waals surface area (Å²) in [4.78, 5) is 18.1. The zero-order valence-corrected chi connectivity index (χ0v) is 19.4. The molecule has 3 aromatic carbocycles. The third-order valence-corrected chi connectivity index (χ3v) is 5.25. The number of guanidine groups is 1. The van der Waals surface area contributed by atoms with Crippen molar-refractivity contribution in [3.8, 4) is 11.1 Å². The third kappa shape index (κ3) is 6.45. The maximum atomic E-state index is 12.2. The van der Waals surface area contributed by atoms with Gasteiger partial charge in [0.1, 0.15) is 0 Å². The van der Waals surface area contributed by atoms with Crippen LogP contribution in [0.4, 0.5) is 0 Å². The van der Waals surface area contributed by atoms with Gasteiger partial charge in [-0.15, -0.1) is 0 Å². The van der Waals surface area contributed by atoms with Crippen LogP contribution in [0.1, 0.15) is 27.0 Å². The Balaban J connectivity index is 1.53. The molecular formula is C27H32N4O. The SMILES string of the molecule is CN=C(NCCc1cccc(C(=O)N(C)C)c1)NCc1cccc(-c2cccc(C)c2)c1. The number of aliphatic imine (C=N–C) groups is 1. The lowest BCUT2D eigenvalue weighted by molar-refractivity contribution is 0.0827. The predicted molar refractivity (Wildman–Crippen MR) is 133 cm³/mol. The van der Waals surface area contributed by atoms with Gasteiger partial charge in [-0.05, 0) is 53.8 Å². The van der Waals surface area contributed by atoms with Crippen molar-refractivity contribution in [1.82, 2.24) is 15.5 Å². The minimum atomic E-state index is 0.0187. The van der Waals surface area contributed by atoms with Crippen LogP contribution in [0.15, 0.2) is 77.8 Å². The van der Waals surface area contributed by atoms with Crippen molar-refractivity contribution in [2.45, 2.75) is 19.9 Å². The van der Waals surface area contributed by atoms with Gasteiger partial charge in [0.05, 0.1) is 0 Å².